The highest BCUT2D eigenvalue weighted by Gasteiger charge is 2.35. The molecule has 1 heterocycles. The summed E-state index contributed by atoms with van der Waals surface area (Å²) in [7, 11) is -1.62. The normalized spacial score (nSPS) is 11.7. The van der Waals surface area contributed by atoms with Gasteiger partial charge in [0, 0.05) is 17.3 Å². The fraction of sp³-hybridized carbons (Fsp3) is 0.294. The number of urea groups is 1. The average molecular weight is 428 g/mol. The van der Waals surface area contributed by atoms with Gasteiger partial charge in [0.15, 0.2) is 5.11 Å². The molecule has 146 valence electrons. The van der Waals surface area contributed by atoms with E-state index in [9.17, 15) is 13.2 Å². The van der Waals surface area contributed by atoms with Crippen molar-refractivity contribution in [1.29, 1.82) is 0 Å². The Morgan fingerprint density at radius 1 is 1.33 bits per heavy atom. The van der Waals surface area contributed by atoms with Gasteiger partial charge in [0.05, 0.1) is 7.11 Å². The molecule has 0 unspecified atom stereocenters. The van der Waals surface area contributed by atoms with Gasteiger partial charge in [-0.2, -0.15) is 4.31 Å². The van der Waals surface area contributed by atoms with Gasteiger partial charge in [0.25, 0.3) is 10.0 Å². The van der Waals surface area contributed by atoms with E-state index in [1.807, 2.05) is 31.4 Å². The summed E-state index contributed by atoms with van der Waals surface area (Å²) < 4.78 is 31.8. The van der Waals surface area contributed by atoms with Crippen LogP contribution in [-0.4, -0.2) is 38.0 Å². The molecule has 0 aliphatic rings. The predicted octanol–water partition coefficient (Wildman–Crippen LogP) is 2.66. The van der Waals surface area contributed by atoms with Gasteiger partial charge >= 0.3 is 6.03 Å². The molecule has 2 amide bonds. The number of hydrogen-bond donors (Lipinski definition) is 2. The number of thiophene rings is 1. The predicted molar refractivity (Wildman–Crippen MR) is 110 cm³/mol. The van der Waals surface area contributed by atoms with Gasteiger partial charge in [-0.25, -0.2) is 13.2 Å². The molecule has 3 N–H and O–H groups in total. The number of ether oxygens (including phenoxy) is 1. The minimum Gasteiger partial charge on any atom is -0.495 e. The van der Waals surface area contributed by atoms with E-state index in [2.05, 4.69) is 5.32 Å². The number of nitrogens with zero attached hydrogens (tertiary/aromatic N) is 1. The van der Waals surface area contributed by atoms with Gasteiger partial charge in [0.1, 0.15) is 10.6 Å². The van der Waals surface area contributed by atoms with E-state index < -0.39 is 21.5 Å². The third-order valence-electron chi connectivity index (χ3n) is 4.14. The van der Waals surface area contributed by atoms with Crippen LogP contribution in [0, 0.1) is 0 Å². The highest BCUT2D eigenvalue weighted by atomic mass is 32.2. The fourth-order valence-electron chi connectivity index (χ4n) is 2.57. The second-order valence-corrected chi connectivity index (χ2v) is 9.22. The van der Waals surface area contributed by atoms with Crippen molar-refractivity contribution < 1.29 is 17.9 Å². The first-order chi connectivity index (χ1) is 12.6. The number of carbonyl (C=O) groups excluding carboxylic acids is 1. The number of carbonyl (C=O) groups is 1. The van der Waals surface area contributed by atoms with Crippen LogP contribution in [0.1, 0.15) is 24.3 Å². The molecule has 0 radical (unpaired) electrons. The number of rotatable bonds is 5. The molecule has 0 atom stereocenters. The van der Waals surface area contributed by atoms with Crippen LogP contribution in [0.2, 0.25) is 0 Å². The van der Waals surface area contributed by atoms with Crippen molar-refractivity contribution in [2.24, 2.45) is 5.73 Å². The first-order valence-corrected chi connectivity index (χ1v) is 10.6. The zero-order valence-electron chi connectivity index (χ0n) is 15.3. The second-order valence-electron chi connectivity index (χ2n) is 6.13. The van der Waals surface area contributed by atoms with Gasteiger partial charge < -0.3 is 15.8 Å². The maximum absolute atomic E-state index is 13.1. The minimum atomic E-state index is -4.37. The lowest BCUT2D eigenvalue weighted by atomic mass is 9.83. The van der Waals surface area contributed by atoms with E-state index in [4.69, 9.17) is 22.7 Å². The Labute approximate surface area is 168 Å². The molecule has 0 bridgehead atoms. The van der Waals surface area contributed by atoms with Crippen LogP contribution >= 0.6 is 23.6 Å². The molecule has 0 saturated heterocycles. The monoisotopic (exact) mass is 427 g/mol. The maximum atomic E-state index is 13.1. The lowest BCUT2D eigenvalue weighted by molar-refractivity contribution is 0.242. The Bertz CT molecular complexity index is 954. The first kappa shape index (κ1) is 21.1. The number of sulfonamides is 1. The van der Waals surface area contributed by atoms with E-state index in [1.165, 1.54) is 20.2 Å². The van der Waals surface area contributed by atoms with Crippen molar-refractivity contribution in [1.82, 2.24) is 9.62 Å². The number of nitrogens with two attached hydrogens (primary N) is 1. The number of amides is 2. The number of hydrogen-bond acceptors (Lipinski definition) is 6. The fourth-order valence-corrected chi connectivity index (χ4v) is 5.25. The Kier molecular flexibility index (Phi) is 6.13. The van der Waals surface area contributed by atoms with Gasteiger partial charge in [-0.05, 0) is 41.4 Å². The van der Waals surface area contributed by atoms with Crippen molar-refractivity contribution >= 4 is 44.7 Å². The highest BCUT2D eigenvalue weighted by Crippen LogP contribution is 2.38. The third-order valence-corrected chi connectivity index (χ3v) is 7.55. The number of thiocarbonyl (C=S) groups is 1. The molecule has 0 aliphatic heterocycles. The summed E-state index contributed by atoms with van der Waals surface area (Å²) in [5.41, 5.74) is 5.56. The largest absolute Gasteiger partial charge is 0.495 e. The molecular weight excluding hydrogens is 406 g/mol. The average Bonchev–Trinajstić information content (AvgIpc) is 3.15. The smallest absolute Gasteiger partial charge is 0.335 e. The molecule has 0 fully saturated rings. The zero-order chi connectivity index (χ0) is 20.4. The first-order valence-electron chi connectivity index (χ1n) is 7.86. The molecule has 27 heavy (non-hydrogen) atoms. The molecular formula is C17H21N3O4S3. The van der Waals surface area contributed by atoms with E-state index in [0.29, 0.717) is 4.31 Å². The zero-order valence-corrected chi connectivity index (χ0v) is 17.8. The lowest BCUT2D eigenvalue weighted by Crippen LogP contribution is -2.48. The van der Waals surface area contributed by atoms with E-state index in [0.717, 1.165) is 10.4 Å². The summed E-state index contributed by atoms with van der Waals surface area (Å²) in [5, 5.41) is 4.10. The Morgan fingerprint density at radius 3 is 2.48 bits per heavy atom. The van der Waals surface area contributed by atoms with Crippen LogP contribution in [0.4, 0.5) is 4.79 Å². The maximum Gasteiger partial charge on any atom is 0.335 e. The summed E-state index contributed by atoms with van der Waals surface area (Å²) in [6.45, 7) is 3.97. The van der Waals surface area contributed by atoms with Crippen molar-refractivity contribution in [3.05, 3.63) is 46.2 Å². The van der Waals surface area contributed by atoms with Crippen molar-refractivity contribution in [2.45, 2.75) is 24.2 Å². The van der Waals surface area contributed by atoms with Crippen LogP contribution in [0.15, 0.2) is 40.6 Å². The SMILES string of the molecule is CNC(=S)N(C(N)=O)S(=O)(=O)c1cc(C(C)(C)c2cccs2)ccc1OC. The van der Waals surface area contributed by atoms with Crippen molar-refractivity contribution in [3.63, 3.8) is 0 Å². The second kappa shape index (κ2) is 7.83. The minimum absolute atomic E-state index is 0.0888. The Morgan fingerprint density at radius 2 is 2.00 bits per heavy atom. The summed E-state index contributed by atoms with van der Waals surface area (Å²) >= 11 is 6.52. The molecule has 1 aromatic carbocycles. The highest BCUT2D eigenvalue weighted by molar-refractivity contribution is 7.92. The van der Waals surface area contributed by atoms with Gasteiger partial charge in [-0.15, -0.1) is 11.3 Å². The van der Waals surface area contributed by atoms with Crippen LogP contribution in [0.25, 0.3) is 0 Å². The molecule has 0 aliphatic carbocycles. The van der Waals surface area contributed by atoms with Crippen LogP contribution in [0.3, 0.4) is 0 Å². The molecule has 10 heteroatoms. The Hall–Kier alpha value is -2.17. The molecule has 7 nitrogen and oxygen atoms in total. The standard InChI is InChI=1S/C17H21N3O4S3/c1-17(2,14-6-5-9-26-14)11-7-8-12(24-4)13(10-11)27(22,23)20(15(18)21)16(25)19-3/h5-10H,1-4H3,(H2,18,21)(H,19,25). The number of nitrogens with one attached hydrogen (secondary N) is 1. The van der Waals surface area contributed by atoms with Crippen LogP contribution in [0.5, 0.6) is 5.75 Å². The van der Waals surface area contributed by atoms with Crippen molar-refractivity contribution in [2.75, 3.05) is 14.2 Å². The number of methoxy groups -OCH3 is 1. The van der Waals surface area contributed by atoms with Crippen molar-refractivity contribution in [3.8, 4) is 5.75 Å². The van der Waals surface area contributed by atoms with Gasteiger partial charge in [-0.1, -0.05) is 26.0 Å². The van der Waals surface area contributed by atoms with Crippen LogP contribution in [-0.2, 0) is 15.4 Å². The topological polar surface area (TPSA) is 102 Å². The Balaban J connectivity index is 2.68. The summed E-state index contributed by atoms with van der Waals surface area (Å²) in [4.78, 5) is 12.7. The molecule has 2 rings (SSSR count). The van der Waals surface area contributed by atoms with Crippen LogP contribution < -0.4 is 15.8 Å². The molecule has 0 spiro atoms. The summed E-state index contributed by atoms with van der Waals surface area (Å²) in [6, 6.07) is 7.54. The van der Waals surface area contributed by atoms with E-state index in [-0.39, 0.29) is 15.8 Å². The van der Waals surface area contributed by atoms with E-state index in [1.54, 1.807) is 23.5 Å². The van der Waals surface area contributed by atoms with E-state index >= 15 is 0 Å². The summed E-state index contributed by atoms with van der Waals surface area (Å²) in [5.74, 6) is 0.0888. The lowest BCUT2D eigenvalue weighted by Gasteiger charge is -2.26. The molecule has 1 aromatic heterocycles. The number of benzene rings is 1. The third kappa shape index (κ3) is 3.92. The number of primary amides is 1. The summed E-state index contributed by atoms with van der Waals surface area (Å²) in [6.07, 6.45) is 0. The van der Waals surface area contributed by atoms with Gasteiger partial charge in [0.2, 0.25) is 0 Å². The van der Waals surface area contributed by atoms with Gasteiger partial charge in [-0.3, -0.25) is 0 Å². The quantitative estimate of drug-likeness (QED) is 0.712. The molecule has 0 saturated carbocycles. The molecule has 2 aromatic rings.